The highest BCUT2D eigenvalue weighted by molar-refractivity contribution is 9.10. The summed E-state index contributed by atoms with van der Waals surface area (Å²) in [5.41, 5.74) is 0. The molecule has 96 valence electrons. The van der Waals surface area contributed by atoms with Crippen molar-refractivity contribution in [3.63, 3.8) is 0 Å². The van der Waals surface area contributed by atoms with Crippen molar-refractivity contribution >= 4 is 39.3 Å². The van der Waals surface area contributed by atoms with Gasteiger partial charge < -0.3 is 15.7 Å². The van der Waals surface area contributed by atoms with Crippen molar-refractivity contribution in [2.24, 2.45) is 0 Å². The van der Waals surface area contributed by atoms with Gasteiger partial charge >= 0.3 is 12.0 Å². The summed E-state index contributed by atoms with van der Waals surface area (Å²) in [6, 6.07) is 0.258. The van der Waals surface area contributed by atoms with Crippen LogP contribution in [0.25, 0.3) is 0 Å². The van der Waals surface area contributed by atoms with Crippen molar-refractivity contribution in [1.29, 1.82) is 0 Å². The Labute approximate surface area is 117 Å². The van der Waals surface area contributed by atoms with Crippen molar-refractivity contribution in [3.8, 4) is 12.3 Å². The van der Waals surface area contributed by atoms with Crippen LogP contribution in [0.5, 0.6) is 0 Å². The van der Waals surface area contributed by atoms with Crippen LogP contribution in [0, 0.1) is 12.3 Å². The number of rotatable bonds is 5. The molecule has 1 aromatic heterocycles. The van der Waals surface area contributed by atoms with Gasteiger partial charge in [0.1, 0.15) is 6.04 Å². The molecule has 0 aliphatic rings. The maximum Gasteiger partial charge on any atom is 0.327 e. The number of thiophene rings is 1. The zero-order valence-corrected chi connectivity index (χ0v) is 11.7. The second kappa shape index (κ2) is 7.03. The molecule has 0 bridgehead atoms. The Morgan fingerprint density at radius 2 is 2.33 bits per heavy atom. The monoisotopic (exact) mass is 330 g/mol. The lowest BCUT2D eigenvalue weighted by Crippen LogP contribution is -2.45. The van der Waals surface area contributed by atoms with Gasteiger partial charge in [0.05, 0.1) is 6.54 Å². The van der Waals surface area contributed by atoms with Gasteiger partial charge in [-0.3, -0.25) is 0 Å². The van der Waals surface area contributed by atoms with Gasteiger partial charge in [0.15, 0.2) is 0 Å². The Bertz CT molecular complexity index is 481. The van der Waals surface area contributed by atoms with Crippen molar-refractivity contribution in [1.82, 2.24) is 10.6 Å². The molecule has 5 nitrogen and oxygen atoms in total. The molecular formula is C11H11BrN2O3S. The standard InChI is InChI=1S/C11H11BrN2O3S/c1-2-3-9(10(15)16)14-11(17)13-5-8-4-7(12)6-18-8/h1,4,6,9H,3,5H2,(H,15,16)(H2,13,14,17). The summed E-state index contributed by atoms with van der Waals surface area (Å²) in [4.78, 5) is 23.2. The summed E-state index contributed by atoms with van der Waals surface area (Å²) in [6.07, 6.45) is 4.97. The normalized spacial score (nSPS) is 11.3. The number of amides is 2. The van der Waals surface area contributed by atoms with E-state index in [9.17, 15) is 9.59 Å². The van der Waals surface area contributed by atoms with Gasteiger partial charge in [-0.2, -0.15) is 0 Å². The van der Waals surface area contributed by atoms with E-state index in [1.165, 1.54) is 11.3 Å². The molecule has 0 saturated carbocycles. The van der Waals surface area contributed by atoms with Gasteiger partial charge in [-0.1, -0.05) is 0 Å². The highest BCUT2D eigenvalue weighted by Crippen LogP contribution is 2.19. The molecule has 1 unspecified atom stereocenters. The smallest absolute Gasteiger partial charge is 0.327 e. The van der Waals surface area contributed by atoms with Crippen LogP contribution in [0.2, 0.25) is 0 Å². The molecule has 18 heavy (non-hydrogen) atoms. The lowest BCUT2D eigenvalue weighted by atomic mass is 10.2. The molecule has 7 heteroatoms. The minimum atomic E-state index is -1.15. The fraction of sp³-hybridized carbons (Fsp3) is 0.273. The first-order valence-electron chi connectivity index (χ1n) is 4.96. The number of hydrogen-bond acceptors (Lipinski definition) is 3. The van der Waals surface area contributed by atoms with E-state index in [4.69, 9.17) is 11.5 Å². The Hall–Kier alpha value is -1.52. The molecule has 0 aliphatic heterocycles. The largest absolute Gasteiger partial charge is 0.480 e. The van der Waals surface area contributed by atoms with E-state index in [2.05, 4.69) is 32.5 Å². The maximum absolute atomic E-state index is 11.5. The lowest BCUT2D eigenvalue weighted by Gasteiger charge is -2.12. The van der Waals surface area contributed by atoms with E-state index in [1.54, 1.807) is 0 Å². The molecule has 0 spiro atoms. The molecule has 0 aliphatic carbocycles. The zero-order chi connectivity index (χ0) is 13.5. The van der Waals surface area contributed by atoms with Gasteiger partial charge in [0.2, 0.25) is 0 Å². The van der Waals surface area contributed by atoms with E-state index in [1.807, 2.05) is 11.4 Å². The third-order valence-electron chi connectivity index (χ3n) is 1.97. The highest BCUT2D eigenvalue weighted by atomic mass is 79.9. The molecule has 1 heterocycles. The Kier molecular flexibility index (Phi) is 5.68. The number of carboxylic acids is 1. The van der Waals surface area contributed by atoms with Gasteiger partial charge in [0.25, 0.3) is 0 Å². The molecule has 1 atom stereocenters. The number of nitrogens with one attached hydrogen (secondary N) is 2. The van der Waals surface area contributed by atoms with Crippen LogP contribution in [-0.2, 0) is 11.3 Å². The number of hydrogen-bond donors (Lipinski definition) is 3. The fourth-order valence-corrected chi connectivity index (χ4v) is 2.53. The summed E-state index contributed by atoms with van der Waals surface area (Å²) in [5, 5.41) is 15.6. The van der Waals surface area contributed by atoms with E-state index in [0.717, 1.165) is 9.35 Å². The van der Waals surface area contributed by atoms with E-state index in [0.29, 0.717) is 6.54 Å². The van der Waals surface area contributed by atoms with Crippen molar-refractivity contribution < 1.29 is 14.7 Å². The van der Waals surface area contributed by atoms with Crippen LogP contribution in [0.4, 0.5) is 4.79 Å². The molecule has 0 radical (unpaired) electrons. The first-order valence-corrected chi connectivity index (χ1v) is 6.63. The van der Waals surface area contributed by atoms with Gasteiger partial charge in [0, 0.05) is 21.2 Å². The Morgan fingerprint density at radius 1 is 1.61 bits per heavy atom. The number of halogens is 1. The molecule has 2 amide bonds. The molecule has 0 aromatic carbocycles. The predicted octanol–water partition coefficient (Wildman–Crippen LogP) is 1.79. The summed E-state index contributed by atoms with van der Waals surface area (Å²) in [5.74, 6) is 1.05. The first kappa shape index (κ1) is 14.5. The van der Waals surface area contributed by atoms with Crippen molar-refractivity contribution in [2.45, 2.75) is 19.0 Å². The topological polar surface area (TPSA) is 78.4 Å². The average Bonchev–Trinajstić information content (AvgIpc) is 2.72. The SMILES string of the molecule is C#CCC(NC(=O)NCc1cc(Br)cs1)C(=O)O. The van der Waals surface area contributed by atoms with Crippen LogP contribution >= 0.6 is 27.3 Å². The van der Waals surface area contributed by atoms with Crippen LogP contribution < -0.4 is 10.6 Å². The second-order valence-electron chi connectivity index (χ2n) is 3.36. The second-order valence-corrected chi connectivity index (χ2v) is 5.27. The maximum atomic E-state index is 11.5. The zero-order valence-electron chi connectivity index (χ0n) is 9.27. The highest BCUT2D eigenvalue weighted by Gasteiger charge is 2.18. The number of urea groups is 1. The molecule has 0 saturated heterocycles. The van der Waals surface area contributed by atoms with Crippen LogP contribution in [0.3, 0.4) is 0 Å². The first-order chi connectivity index (χ1) is 8.52. The number of terminal acetylenes is 1. The summed E-state index contributed by atoms with van der Waals surface area (Å²) in [7, 11) is 0. The van der Waals surface area contributed by atoms with Crippen LogP contribution in [0.15, 0.2) is 15.9 Å². The van der Waals surface area contributed by atoms with Crippen molar-refractivity contribution in [3.05, 3.63) is 20.8 Å². The fourth-order valence-electron chi connectivity index (χ4n) is 1.14. The molecular weight excluding hydrogens is 320 g/mol. The van der Waals surface area contributed by atoms with Crippen molar-refractivity contribution in [2.75, 3.05) is 0 Å². The summed E-state index contributed by atoms with van der Waals surface area (Å²) >= 11 is 4.79. The van der Waals surface area contributed by atoms with E-state index < -0.39 is 18.0 Å². The minimum Gasteiger partial charge on any atom is -0.480 e. The van der Waals surface area contributed by atoms with Gasteiger partial charge in [-0.25, -0.2) is 9.59 Å². The molecule has 1 rings (SSSR count). The number of carboxylic acid groups (broad SMARTS) is 1. The average molecular weight is 331 g/mol. The Morgan fingerprint density at radius 3 is 2.83 bits per heavy atom. The quantitative estimate of drug-likeness (QED) is 0.720. The summed E-state index contributed by atoms with van der Waals surface area (Å²) in [6.45, 7) is 0.338. The number of aliphatic carboxylic acids is 1. The Balaban J connectivity index is 2.41. The molecule has 1 aromatic rings. The third-order valence-corrected chi connectivity index (χ3v) is 3.67. The molecule has 0 fully saturated rings. The lowest BCUT2D eigenvalue weighted by molar-refractivity contribution is -0.139. The number of carbonyl (C=O) groups is 2. The third kappa shape index (κ3) is 4.77. The predicted molar refractivity (Wildman–Crippen MR) is 72.3 cm³/mol. The summed E-state index contributed by atoms with van der Waals surface area (Å²) < 4.78 is 0.945. The number of carbonyl (C=O) groups excluding carboxylic acids is 1. The van der Waals surface area contributed by atoms with E-state index >= 15 is 0 Å². The van der Waals surface area contributed by atoms with Gasteiger partial charge in [-0.05, 0) is 22.0 Å². The van der Waals surface area contributed by atoms with E-state index in [-0.39, 0.29) is 6.42 Å². The van der Waals surface area contributed by atoms with Crippen LogP contribution in [0.1, 0.15) is 11.3 Å². The molecule has 3 N–H and O–H groups in total. The van der Waals surface area contributed by atoms with Gasteiger partial charge in [-0.15, -0.1) is 23.7 Å². The van der Waals surface area contributed by atoms with Crippen LogP contribution in [-0.4, -0.2) is 23.1 Å². The minimum absolute atomic E-state index is 0.0483.